The Morgan fingerprint density at radius 2 is 1.72 bits per heavy atom. The molecule has 0 spiro atoms. The summed E-state index contributed by atoms with van der Waals surface area (Å²) < 4.78 is 0. The van der Waals surface area contributed by atoms with Crippen molar-refractivity contribution in [1.29, 1.82) is 0 Å². The zero-order valence-electron chi connectivity index (χ0n) is 17.2. The fourth-order valence-corrected chi connectivity index (χ4v) is 3.46. The van der Waals surface area contributed by atoms with Gasteiger partial charge in [0.2, 0.25) is 0 Å². The summed E-state index contributed by atoms with van der Waals surface area (Å²) in [5.74, 6) is 0. The summed E-state index contributed by atoms with van der Waals surface area (Å²) in [6.07, 6.45) is 0.894. The normalized spacial score (nSPS) is 14.6. The number of nitrogens with one attached hydrogen (secondary N) is 1. The van der Waals surface area contributed by atoms with Crippen molar-refractivity contribution in [2.75, 3.05) is 47.8 Å². The number of anilines is 3. The average molecular weight is 396 g/mol. The predicted molar refractivity (Wildman–Crippen MR) is 117 cm³/mol. The van der Waals surface area contributed by atoms with Crippen LogP contribution in [-0.2, 0) is 0 Å². The van der Waals surface area contributed by atoms with Gasteiger partial charge in [0.05, 0.1) is 4.92 Å². The molecule has 2 aromatic rings. The number of rotatable bonds is 6. The van der Waals surface area contributed by atoms with E-state index in [1.165, 1.54) is 0 Å². The Bertz CT molecular complexity index is 884. The maximum Gasteiger partial charge on any atom is 0.292 e. The molecule has 1 aliphatic heterocycles. The van der Waals surface area contributed by atoms with Crippen LogP contribution >= 0.6 is 0 Å². The largest absolute Gasteiger partial charge is 0.379 e. The number of carbonyl (C=O) groups is 1. The Balaban J connectivity index is 1.74. The van der Waals surface area contributed by atoms with E-state index in [9.17, 15) is 14.9 Å². The molecule has 7 heteroatoms. The van der Waals surface area contributed by atoms with Crippen LogP contribution in [0.2, 0.25) is 0 Å². The van der Waals surface area contributed by atoms with Crippen molar-refractivity contribution in [1.82, 2.24) is 0 Å². The van der Waals surface area contributed by atoms with Crippen LogP contribution < -0.4 is 15.1 Å². The molecule has 1 saturated heterocycles. The number of para-hydroxylation sites is 1. The third-order valence-corrected chi connectivity index (χ3v) is 5.04. The van der Waals surface area contributed by atoms with E-state index in [0.29, 0.717) is 17.8 Å². The number of aldehydes is 1. The SMILES string of the molecule is CC(C)(C)CNc1cc(N2CCN(c3ccccc3C=O)CC2)ccc1[N+](=O)[O-]. The highest BCUT2D eigenvalue weighted by Gasteiger charge is 2.22. The maximum absolute atomic E-state index is 11.4. The van der Waals surface area contributed by atoms with Crippen molar-refractivity contribution in [2.45, 2.75) is 20.8 Å². The summed E-state index contributed by atoms with van der Waals surface area (Å²) in [6, 6.07) is 12.9. The van der Waals surface area contributed by atoms with Crippen LogP contribution in [0.4, 0.5) is 22.7 Å². The van der Waals surface area contributed by atoms with Crippen LogP contribution in [0.25, 0.3) is 0 Å². The zero-order chi connectivity index (χ0) is 21.0. The molecule has 3 rings (SSSR count). The summed E-state index contributed by atoms with van der Waals surface area (Å²) in [5, 5.41) is 14.7. The van der Waals surface area contributed by atoms with E-state index in [-0.39, 0.29) is 16.0 Å². The first kappa shape index (κ1) is 20.6. The van der Waals surface area contributed by atoms with E-state index >= 15 is 0 Å². The van der Waals surface area contributed by atoms with E-state index in [2.05, 4.69) is 35.9 Å². The Hall–Kier alpha value is -3.09. The van der Waals surface area contributed by atoms with Gasteiger partial charge in [-0.25, -0.2) is 0 Å². The Morgan fingerprint density at radius 1 is 1.07 bits per heavy atom. The minimum atomic E-state index is -0.344. The second kappa shape index (κ2) is 8.51. The van der Waals surface area contributed by atoms with E-state index in [0.717, 1.165) is 43.8 Å². The Labute approximate surface area is 171 Å². The lowest BCUT2D eigenvalue weighted by molar-refractivity contribution is -0.384. The fraction of sp³-hybridized carbons (Fsp3) is 0.409. The summed E-state index contributed by atoms with van der Waals surface area (Å²) >= 11 is 0. The molecule has 1 aliphatic rings. The van der Waals surface area contributed by atoms with E-state index in [4.69, 9.17) is 0 Å². The Morgan fingerprint density at radius 3 is 2.34 bits per heavy atom. The molecule has 7 nitrogen and oxygen atoms in total. The van der Waals surface area contributed by atoms with Gasteiger partial charge in [-0.3, -0.25) is 14.9 Å². The monoisotopic (exact) mass is 396 g/mol. The number of nitrogens with zero attached hydrogens (tertiary/aromatic N) is 3. The second-order valence-corrected chi connectivity index (χ2v) is 8.52. The predicted octanol–water partition coefficient (Wildman–Crippen LogP) is 4.19. The van der Waals surface area contributed by atoms with Gasteiger partial charge in [-0.1, -0.05) is 32.9 Å². The quantitative estimate of drug-likeness (QED) is 0.448. The van der Waals surface area contributed by atoms with Crippen LogP contribution in [0.15, 0.2) is 42.5 Å². The van der Waals surface area contributed by atoms with Crippen LogP contribution in [0.3, 0.4) is 0 Å². The summed E-state index contributed by atoms with van der Waals surface area (Å²) in [6.45, 7) is 10.0. The van der Waals surface area contributed by atoms with Crippen LogP contribution in [0.1, 0.15) is 31.1 Å². The van der Waals surface area contributed by atoms with Crippen LogP contribution in [0.5, 0.6) is 0 Å². The van der Waals surface area contributed by atoms with Gasteiger partial charge in [0, 0.05) is 55.7 Å². The highest BCUT2D eigenvalue weighted by Crippen LogP contribution is 2.31. The molecule has 0 radical (unpaired) electrons. The maximum atomic E-state index is 11.4. The van der Waals surface area contributed by atoms with Gasteiger partial charge in [0.25, 0.3) is 5.69 Å². The smallest absolute Gasteiger partial charge is 0.292 e. The second-order valence-electron chi connectivity index (χ2n) is 8.52. The molecule has 0 amide bonds. The number of benzene rings is 2. The molecule has 1 fully saturated rings. The number of nitro groups is 1. The lowest BCUT2D eigenvalue weighted by Crippen LogP contribution is -2.46. The standard InChI is InChI=1S/C22H28N4O3/c1-22(2,3)16-23-19-14-18(8-9-21(19)26(28)29)24-10-12-25(13-11-24)20-7-5-4-6-17(20)15-27/h4-9,14-15,23H,10-13,16H2,1-3H3. The van der Waals surface area contributed by atoms with Crippen molar-refractivity contribution in [3.63, 3.8) is 0 Å². The summed E-state index contributed by atoms with van der Waals surface area (Å²) in [7, 11) is 0. The highest BCUT2D eigenvalue weighted by molar-refractivity contribution is 5.84. The van der Waals surface area contributed by atoms with Gasteiger partial charge in [-0.05, 0) is 29.7 Å². The van der Waals surface area contributed by atoms with Crippen molar-refractivity contribution < 1.29 is 9.72 Å². The van der Waals surface area contributed by atoms with E-state index < -0.39 is 0 Å². The molecule has 0 aliphatic carbocycles. The first-order valence-corrected chi connectivity index (χ1v) is 9.85. The van der Waals surface area contributed by atoms with Crippen molar-refractivity contribution in [2.24, 2.45) is 5.41 Å². The molecule has 1 heterocycles. The first-order chi connectivity index (χ1) is 13.8. The third-order valence-electron chi connectivity index (χ3n) is 5.04. The summed E-state index contributed by atoms with van der Waals surface area (Å²) in [4.78, 5) is 26.8. The van der Waals surface area contributed by atoms with Gasteiger partial charge >= 0.3 is 0 Å². The van der Waals surface area contributed by atoms with Gasteiger partial charge in [-0.15, -0.1) is 0 Å². The topological polar surface area (TPSA) is 78.7 Å². The number of hydrogen-bond donors (Lipinski definition) is 1. The van der Waals surface area contributed by atoms with Crippen LogP contribution in [-0.4, -0.2) is 43.9 Å². The third kappa shape index (κ3) is 5.04. The van der Waals surface area contributed by atoms with Gasteiger partial charge < -0.3 is 15.1 Å². The van der Waals surface area contributed by atoms with Gasteiger partial charge in [0.15, 0.2) is 6.29 Å². The molecule has 0 aromatic heterocycles. The molecule has 29 heavy (non-hydrogen) atoms. The van der Waals surface area contributed by atoms with E-state index in [1.807, 2.05) is 36.4 Å². The zero-order valence-corrected chi connectivity index (χ0v) is 17.2. The Kier molecular flexibility index (Phi) is 6.06. The fourth-order valence-electron chi connectivity index (χ4n) is 3.46. The number of hydrogen-bond acceptors (Lipinski definition) is 6. The minimum absolute atomic E-state index is 0.0153. The number of piperazine rings is 1. The van der Waals surface area contributed by atoms with Crippen molar-refractivity contribution in [3.8, 4) is 0 Å². The molecule has 0 saturated carbocycles. The average Bonchev–Trinajstić information content (AvgIpc) is 2.71. The van der Waals surface area contributed by atoms with Gasteiger partial charge in [0.1, 0.15) is 5.69 Å². The minimum Gasteiger partial charge on any atom is -0.379 e. The molecule has 1 N–H and O–H groups in total. The molecular formula is C22H28N4O3. The van der Waals surface area contributed by atoms with Crippen molar-refractivity contribution >= 4 is 29.0 Å². The highest BCUT2D eigenvalue weighted by atomic mass is 16.6. The molecule has 0 atom stereocenters. The van der Waals surface area contributed by atoms with E-state index in [1.54, 1.807) is 6.07 Å². The molecular weight excluding hydrogens is 368 g/mol. The number of carbonyl (C=O) groups excluding carboxylic acids is 1. The first-order valence-electron chi connectivity index (χ1n) is 9.85. The number of nitro benzene ring substituents is 1. The molecule has 2 aromatic carbocycles. The molecule has 0 unspecified atom stereocenters. The van der Waals surface area contributed by atoms with Gasteiger partial charge in [-0.2, -0.15) is 0 Å². The molecule has 154 valence electrons. The lowest BCUT2D eigenvalue weighted by atomic mass is 9.97. The molecule has 0 bridgehead atoms. The lowest BCUT2D eigenvalue weighted by Gasteiger charge is -2.38. The van der Waals surface area contributed by atoms with Crippen molar-refractivity contribution in [3.05, 3.63) is 58.1 Å². The summed E-state index contributed by atoms with van der Waals surface area (Å²) in [5.41, 5.74) is 3.29. The van der Waals surface area contributed by atoms with Crippen LogP contribution in [0, 0.1) is 15.5 Å².